The summed E-state index contributed by atoms with van der Waals surface area (Å²) in [7, 11) is 0. The van der Waals surface area contributed by atoms with Crippen LogP contribution >= 0.6 is 0 Å². The number of ether oxygens (including phenoxy) is 2. The van der Waals surface area contributed by atoms with Crippen LogP contribution < -0.4 is 9.47 Å². The van der Waals surface area contributed by atoms with E-state index in [1.54, 1.807) is 19.1 Å². The first kappa shape index (κ1) is 15.0. The lowest BCUT2D eigenvalue weighted by Crippen LogP contribution is -2.28. The number of hydrogen-bond donors (Lipinski definition) is 0. The topological polar surface area (TPSA) is 35.5 Å². The quantitative estimate of drug-likeness (QED) is 0.531. The van der Waals surface area contributed by atoms with Crippen molar-refractivity contribution >= 4 is 16.7 Å². The van der Waals surface area contributed by atoms with Gasteiger partial charge in [0.25, 0.3) is 0 Å². The van der Waals surface area contributed by atoms with Crippen molar-refractivity contribution in [2.24, 2.45) is 0 Å². The highest BCUT2D eigenvalue weighted by Crippen LogP contribution is 2.21. The van der Waals surface area contributed by atoms with Gasteiger partial charge in [-0.1, -0.05) is 30.3 Å². The molecule has 4 heteroatoms. The normalized spacial score (nSPS) is 11.9. The number of carbonyl (C=O) groups is 1. The highest BCUT2D eigenvalue weighted by Gasteiger charge is 2.17. The standard InChI is InChI=1S/C19H15FO3/c1-13(22-17-10-7-16(20)8-11-17)19(21)23-18-9-6-14-4-2-3-5-15(14)12-18/h2-13H,1H3. The molecule has 0 aliphatic rings. The van der Waals surface area contributed by atoms with Crippen molar-refractivity contribution in [2.45, 2.75) is 13.0 Å². The number of carbonyl (C=O) groups excluding carboxylic acids is 1. The molecule has 23 heavy (non-hydrogen) atoms. The minimum atomic E-state index is -0.799. The fourth-order valence-electron chi connectivity index (χ4n) is 2.20. The van der Waals surface area contributed by atoms with Gasteiger partial charge in [-0.05, 0) is 54.1 Å². The van der Waals surface area contributed by atoms with Gasteiger partial charge in [-0.25, -0.2) is 9.18 Å². The molecule has 0 N–H and O–H groups in total. The van der Waals surface area contributed by atoms with Crippen molar-refractivity contribution in [2.75, 3.05) is 0 Å². The first-order valence-electron chi connectivity index (χ1n) is 7.24. The molecule has 3 aromatic rings. The maximum Gasteiger partial charge on any atom is 0.352 e. The number of halogens is 1. The predicted octanol–water partition coefficient (Wildman–Crippen LogP) is 4.35. The molecule has 0 saturated carbocycles. The zero-order valence-electron chi connectivity index (χ0n) is 12.5. The summed E-state index contributed by atoms with van der Waals surface area (Å²) in [6.07, 6.45) is -0.799. The molecule has 0 aliphatic heterocycles. The van der Waals surface area contributed by atoms with Crippen molar-refractivity contribution in [1.29, 1.82) is 0 Å². The monoisotopic (exact) mass is 310 g/mol. The molecule has 3 aromatic carbocycles. The molecule has 0 aromatic heterocycles. The van der Waals surface area contributed by atoms with E-state index < -0.39 is 12.1 Å². The van der Waals surface area contributed by atoms with E-state index in [-0.39, 0.29) is 5.82 Å². The summed E-state index contributed by atoms with van der Waals surface area (Å²) in [6.45, 7) is 1.59. The Bertz CT molecular complexity index is 827. The van der Waals surface area contributed by atoms with Crippen LogP contribution in [0.1, 0.15) is 6.92 Å². The van der Waals surface area contributed by atoms with Gasteiger partial charge in [-0.15, -0.1) is 0 Å². The largest absolute Gasteiger partial charge is 0.479 e. The fraction of sp³-hybridized carbons (Fsp3) is 0.105. The first-order valence-corrected chi connectivity index (χ1v) is 7.24. The molecule has 116 valence electrons. The zero-order valence-corrected chi connectivity index (χ0v) is 12.5. The Morgan fingerprint density at radius 3 is 2.30 bits per heavy atom. The van der Waals surface area contributed by atoms with E-state index in [4.69, 9.17) is 9.47 Å². The van der Waals surface area contributed by atoms with Crippen LogP contribution in [-0.2, 0) is 4.79 Å². The third-order valence-corrected chi connectivity index (χ3v) is 3.40. The maximum absolute atomic E-state index is 12.9. The minimum Gasteiger partial charge on any atom is -0.479 e. The lowest BCUT2D eigenvalue weighted by molar-refractivity contribution is -0.141. The van der Waals surface area contributed by atoms with Crippen LogP contribution in [0.15, 0.2) is 66.7 Å². The first-order chi connectivity index (χ1) is 11.1. The second-order valence-corrected chi connectivity index (χ2v) is 5.14. The van der Waals surface area contributed by atoms with E-state index in [2.05, 4.69) is 0 Å². The lowest BCUT2D eigenvalue weighted by atomic mass is 10.1. The van der Waals surface area contributed by atoms with Crippen LogP contribution in [0, 0.1) is 5.82 Å². The number of fused-ring (bicyclic) bond motifs is 1. The predicted molar refractivity (Wildman–Crippen MR) is 86.1 cm³/mol. The summed E-state index contributed by atoms with van der Waals surface area (Å²) in [6, 6.07) is 18.7. The van der Waals surface area contributed by atoms with E-state index in [1.165, 1.54) is 24.3 Å². The smallest absolute Gasteiger partial charge is 0.352 e. The van der Waals surface area contributed by atoms with Crippen LogP contribution in [0.25, 0.3) is 10.8 Å². The Labute approximate surface area is 133 Å². The molecule has 3 rings (SSSR count). The molecule has 0 saturated heterocycles. The number of esters is 1. The highest BCUT2D eigenvalue weighted by molar-refractivity contribution is 5.85. The SMILES string of the molecule is CC(Oc1ccc(F)cc1)C(=O)Oc1ccc2ccccc2c1. The average Bonchev–Trinajstić information content (AvgIpc) is 2.56. The van der Waals surface area contributed by atoms with Gasteiger partial charge in [0.05, 0.1) is 0 Å². The van der Waals surface area contributed by atoms with Gasteiger partial charge in [-0.2, -0.15) is 0 Å². The summed E-state index contributed by atoms with van der Waals surface area (Å²) >= 11 is 0. The minimum absolute atomic E-state index is 0.358. The molecule has 0 aliphatic carbocycles. The average molecular weight is 310 g/mol. The Morgan fingerprint density at radius 2 is 1.57 bits per heavy atom. The Kier molecular flexibility index (Phi) is 4.24. The van der Waals surface area contributed by atoms with Gasteiger partial charge in [0.1, 0.15) is 17.3 Å². The van der Waals surface area contributed by atoms with E-state index in [0.717, 1.165) is 10.8 Å². The summed E-state index contributed by atoms with van der Waals surface area (Å²) in [5, 5.41) is 2.06. The number of hydrogen-bond acceptors (Lipinski definition) is 3. The molecule has 0 amide bonds. The number of rotatable bonds is 4. The van der Waals surface area contributed by atoms with Gasteiger partial charge < -0.3 is 9.47 Å². The molecule has 0 fully saturated rings. The molecule has 1 atom stereocenters. The molecule has 0 bridgehead atoms. The zero-order chi connectivity index (χ0) is 16.2. The molecule has 0 spiro atoms. The Hall–Kier alpha value is -2.88. The molecular formula is C19H15FO3. The van der Waals surface area contributed by atoms with Gasteiger partial charge >= 0.3 is 5.97 Å². The fourth-order valence-corrected chi connectivity index (χ4v) is 2.20. The van der Waals surface area contributed by atoms with Crippen molar-refractivity contribution in [3.8, 4) is 11.5 Å². The van der Waals surface area contributed by atoms with Crippen LogP contribution in [0.3, 0.4) is 0 Å². The Morgan fingerprint density at radius 1 is 0.913 bits per heavy atom. The van der Waals surface area contributed by atoms with Crippen LogP contribution in [-0.4, -0.2) is 12.1 Å². The van der Waals surface area contributed by atoms with E-state index in [9.17, 15) is 9.18 Å². The second-order valence-electron chi connectivity index (χ2n) is 5.14. The molecule has 0 heterocycles. The van der Waals surface area contributed by atoms with Crippen LogP contribution in [0.5, 0.6) is 11.5 Å². The third kappa shape index (κ3) is 3.66. The second kappa shape index (κ2) is 6.48. The van der Waals surface area contributed by atoms with Gasteiger partial charge in [-0.3, -0.25) is 0 Å². The highest BCUT2D eigenvalue weighted by atomic mass is 19.1. The lowest BCUT2D eigenvalue weighted by Gasteiger charge is -2.14. The van der Waals surface area contributed by atoms with E-state index >= 15 is 0 Å². The molecular weight excluding hydrogens is 295 g/mol. The van der Waals surface area contributed by atoms with E-state index in [1.807, 2.05) is 30.3 Å². The molecule has 3 nitrogen and oxygen atoms in total. The van der Waals surface area contributed by atoms with Crippen molar-refractivity contribution in [3.05, 3.63) is 72.5 Å². The molecule has 0 radical (unpaired) electrons. The Balaban J connectivity index is 1.68. The van der Waals surface area contributed by atoms with Crippen molar-refractivity contribution in [1.82, 2.24) is 0 Å². The van der Waals surface area contributed by atoms with Crippen LogP contribution in [0.4, 0.5) is 4.39 Å². The summed E-state index contributed by atoms with van der Waals surface area (Å²) < 4.78 is 23.6. The summed E-state index contributed by atoms with van der Waals surface area (Å²) in [5.74, 6) is 0.00552. The third-order valence-electron chi connectivity index (χ3n) is 3.40. The van der Waals surface area contributed by atoms with Crippen molar-refractivity contribution in [3.63, 3.8) is 0 Å². The summed E-state index contributed by atoms with van der Waals surface area (Å²) in [5.41, 5.74) is 0. The van der Waals surface area contributed by atoms with Gasteiger partial charge in [0, 0.05) is 0 Å². The van der Waals surface area contributed by atoms with Crippen LogP contribution in [0.2, 0.25) is 0 Å². The number of benzene rings is 3. The maximum atomic E-state index is 12.9. The molecule has 1 unspecified atom stereocenters. The van der Waals surface area contributed by atoms with Gasteiger partial charge in [0.2, 0.25) is 0 Å². The summed E-state index contributed by atoms with van der Waals surface area (Å²) in [4.78, 5) is 12.1. The van der Waals surface area contributed by atoms with Crippen molar-refractivity contribution < 1.29 is 18.7 Å². The van der Waals surface area contributed by atoms with E-state index in [0.29, 0.717) is 11.5 Å². The van der Waals surface area contributed by atoms with Gasteiger partial charge in [0.15, 0.2) is 6.10 Å².